The van der Waals surface area contributed by atoms with Gasteiger partial charge in [0.05, 0.1) is 7.11 Å². The molecule has 0 aliphatic rings. The van der Waals surface area contributed by atoms with E-state index in [1.54, 1.807) is 14.0 Å². The van der Waals surface area contributed by atoms with Crippen LogP contribution in [0.15, 0.2) is 54.6 Å². The summed E-state index contributed by atoms with van der Waals surface area (Å²) in [5.74, 6) is 0.471. The molecule has 0 aliphatic carbocycles. The predicted octanol–water partition coefficient (Wildman–Crippen LogP) is 2.63. The van der Waals surface area contributed by atoms with E-state index in [1.807, 2.05) is 54.6 Å². The van der Waals surface area contributed by atoms with Crippen molar-refractivity contribution in [1.82, 2.24) is 10.6 Å². The summed E-state index contributed by atoms with van der Waals surface area (Å²) in [6.45, 7) is 2.13. The Labute approximate surface area is 147 Å². The van der Waals surface area contributed by atoms with E-state index in [-0.39, 0.29) is 12.5 Å². The van der Waals surface area contributed by atoms with Crippen molar-refractivity contribution < 1.29 is 19.1 Å². The number of benzene rings is 2. The highest BCUT2D eigenvalue weighted by molar-refractivity contribution is 5.85. The highest BCUT2D eigenvalue weighted by atomic mass is 16.5. The maximum absolute atomic E-state index is 12.0. The van der Waals surface area contributed by atoms with Gasteiger partial charge in [-0.3, -0.25) is 4.79 Å². The van der Waals surface area contributed by atoms with Crippen molar-refractivity contribution in [3.63, 3.8) is 0 Å². The number of ether oxygens (including phenoxy) is 2. The van der Waals surface area contributed by atoms with Gasteiger partial charge in [0, 0.05) is 6.54 Å². The molecule has 2 amide bonds. The molecule has 0 unspecified atom stereocenters. The number of carbonyl (C=O) groups is 2. The van der Waals surface area contributed by atoms with Gasteiger partial charge in [-0.1, -0.05) is 42.5 Å². The standard InChI is InChI=1S/C19H22N2O4/c1-14(21-19(23)25-13-16-6-4-3-5-7-16)18(22)20-12-15-8-10-17(24-2)11-9-15/h3-11,14H,12-13H2,1-2H3,(H,20,22)(H,21,23)/t14-/m0/s1. The van der Waals surface area contributed by atoms with Crippen LogP contribution < -0.4 is 15.4 Å². The van der Waals surface area contributed by atoms with Crippen LogP contribution in [-0.4, -0.2) is 25.2 Å². The van der Waals surface area contributed by atoms with E-state index in [4.69, 9.17) is 9.47 Å². The molecular formula is C19H22N2O4. The normalized spacial score (nSPS) is 11.3. The molecule has 0 heterocycles. The third-order valence-electron chi connectivity index (χ3n) is 3.57. The molecule has 25 heavy (non-hydrogen) atoms. The first-order valence-corrected chi connectivity index (χ1v) is 7.96. The van der Waals surface area contributed by atoms with E-state index in [9.17, 15) is 9.59 Å². The van der Waals surface area contributed by atoms with Crippen LogP contribution in [0.1, 0.15) is 18.1 Å². The first kappa shape index (κ1) is 18.3. The van der Waals surface area contributed by atoms with Crippen molar-refractivity contribution in [3.05, 3.63) is 65.7 Å². The van der Waals surface area contributed by atoms with Crippen LogP contribution >= 0.6 is 0 Å². The number of hydrogen-bond donors (Lipinski definition) is 2. The van der Waals surface area contributed by atoms with Crippen molar-refractivity contribution >= 4 is 12.0 Å². The Bertz CT molecular complexity index is 686. The van der Waals surface area contributed by atoms with Crippen LogP contribution in [0.3, 0.4) is 0 Å². The maximum atomic E-state index is 12.0. The summed E-state index contributed by atoms with van der Waals surface area (Å²) < 4.78 is 10.2. The molecule has 0 spiro atoms. The molecular weight excluding hydrogens is 320 g/mol. The average Bonchev–Trinajstić information content (AvgIpc) is 2.65. The molecule has 1 atom stereocenters. The van der Waals surface area contributed by atoms with Gasteiger partial charge in [-0.2, -0.15) is 0 Å². The Morgan fingerprint density at radius 3 is 2.32 bits per heavy atom. The van der Waals surface area contributed by atoms with E-state index in [1.165, 1.54) is 0 Å². The Balaban J connectivity index is 1.72. The number of methoxy groups -OCH3 is 1. The molecule has 132 valence electrons. The Morgan fingerprint density at radius 1 is 1.00 bits per heavy atom. The summed E-state index contributed by atoms with van der Waals surface area (Å²) >= 11 is 0. The third-order valence-corrected chi connectivity index (χ3v) is 3.57. The van der Waals surface area contributed by atoms with Crippen molar-refractivity contribution in [2.45, 2.75) is 26.1 Å². The molecule has 2 rings (SSSR count). The fourth-order valence-electron chi connectivity index (χ4n) is 2.09. The van der Waals surface area contributed by atoms with Gasteiger partial charge in [-0.05, 0) is 30.2 Å². The quantitative estimate of drug-likeness (QED) is 0.811. The van der Waals surface area contributed by atoms with Crippen LogP contribution in [0.2, 0.25) is 0 Å². The molecule has 0 saturated carbocycles. The lowest BCUT2D eigenvalue weighted by atomic mass is 10.2. The summed E-state index contributed by atoms with van der Waals surface area (Å²) in [6, 6.07) is 16.0. The molecule has 0 aliphatic heterocycles. The van der Waals surface area contributed by atoms with Gasteiger partial charge in [0.15, 0.2) is 0 Å². The van der Waals surface area contributed by atoms with Crippen LogP contribution in [0.25, 0.3) is 0 Å². The first-order valence-electron chi connectivity index (χ1n) is 7.96. The minimum atomic E-state index is -0.693. The molecule has 0 radical (unpaired) electrons. The zero-order valence-corrected chi connectivity index (χ0v) is 14.3. The van der Waals surface area contributed by atoms with Crippen molar-refractivity contribution in [2.75, 3.05) is 7.11 Å². The molecule has 0 saturated heterocycles. The summed E-state index contributed by atoms with van der Waals surface area (Å²) in [7, 11) is 1.60. The van der Waals surface area contributed by atoms with Crippen molar-refractivity contribution in [2.24, 2.45) is 0 Å². The summed E-state index contributed by atoms with van der Waals surface area (Å²) in [6.07, 6.45) is -0.629. The van der Waals surface area contributed by atoms with Gasteiger partial charge in [-0.25, -0.2) is 4.79 Å². The van der Waals surface area contributed by atoms with Crippen LogP contribution in [0.4, 0.5) is 4.79 Å². The molecule has 2 aromatic carbocycles. The van der Waals surface area contributed by atoms with Crippen LogP contribution in [0.5, 0.6) is 5.75 Å². The highest BCUT2D eigenvalue weighted by Crippen LogP contribution is 2.10. The summed E-state index contributed by atoms with van der Waals surface area (Å²) in [5.41, 5.74) is 1.82. The van der Waals surface area contributed by atoms with Crippen LogP contribution in [0, 0.1) is 0 Å². The van der Waals surface area contributed by atoms with Gasteiger partial charge < -0.3 is 20.1 Å². The lowest BCUT2D eigenvalue weighted by Crippen LogP contribution is -2.44. The molecule has 0 aromatic heterocycles. The second-order valence-corrected chi connectivity index (χ2v) is 5.49. The molecule has 2 N–H and O–H groups in total. The van der Waals surface area contributed by atoms with E-state index < -0.39 is 12.1 Å². The molecule has 2 aromatic rings. The zero-order chi connectivity index (χ0) is 18.1. The van der Waals surface area contributed by atoms with Crippen molar-refractivity contribution in [1.29, 1.82) is 0 Å². The van der Waals surface area contributed by atoms with E-state index in [0.29, 0.717) is 6.54 Å². The average molecular weight is 342 g/mol. The maximum Gasteiger partial charge on any atom is 0.408 e. The molecule has 0 fully saturated rings. The van der Waals surface area contributed by atoms with Crippen molar-refractivity contribution in [3.8, 4) is 5.75 Å². The first-order chi connectivity index (χ1) is 12.1. The SMILES string of the molecule is COc1ccc(CNC(=O)[C@H](C)NC(=O)OCc2ccccc2)cc1. The Kier molecular flexibility index (Phi) is 6.83. The topological polar surface area (TPSA) is 76.7 Å². The van der Waals surface area contributed by atoms with E-state index in [2.05, 4.69) is 10.6 Å². The predicted molar refractivity (Wildman–Crippen MR) is 94.1 cm³/mol. The number of amides is 2. The smallest absolute Gasteiger partial charge is 0.408 e. The fourth-order valence-corrected chi connectivity index (χ4v) is 2.09. The minimum absolute atomic E-state index is 0.160. The fraction of sp³-hybridized carbons (Fsp3) is 0.263. The second kappa shape index (κ2) is 9.32. The summed E-state index contributed by atoms with van der Waals surface area (Å²) in [5, 5.41) is 5.28. The monoisotopic (exact) mass is 342 g/mol. The number of carbonyl (C=O) groups excluding carboxylic acids is 2. The Morgan fingerprint density at radius 2 is 1.68 bits per heavy atom. The second-order valence-electron chi connectivity index (χ2n) is 5.49. The number of hydrogen-bond acceptors (Lipinski definition) is 4. The lowest BCUT2D eigenvalue weighted by molar-refractivity contribution is -0.122. The minimum Gasteiger partial charge on any atom is -0.497 e. The lowest BCUT2D eigenvalue weighted by Gasteiger charge is -2.14. The van der Waals surface area contributed by atoms with Crippen LogP contribution in [-0.2, 0) is 22.7 Å². The zero-order valence-electron chi connectivity index (χ0n) is 14.3. The highest BCUT2D eigenvalue weighted by Gasteiger charge is 2.16. The molecule has 6 nitrogen and oxygen atoms in total. The largest absolute Gasteiger partial charge is 0.497 e. The number of alkyl carbamates (subject to hydrolysis) is 1. The van der Waals surface area contributed by atoms with E-state index in [0.717, 1.165) is 16.9 Å². The van der Waals surface area contributed by atoms with Gasteiger partial charge >= 0.3 is 6.09 Å². The number of rotatable bonds is 7. The van der Waals surface area contributed by atoms with E-state index >= 15 is 0 Å². The molecule has 0 bridgehead atoms. The van der Waals surface area contributed by atoms with Gasteiger partial charge in [0.2, 0.25) is 5.91 Å². The Hall–Kier alpha value is -3.02. The van der Waals surface area contributed by atoms with Gasteiger partial charge in [0.25, 0.3) is 0 Å². The number of nitrogens with one attached hydrogen (secondary N) is 2. The van der Waals surface area contributed by atoms with Gasteiger partial charge in [-0.15, -0.1) is 0 Å². The van der Waals surface area contributed by atoms with Gasteiger partial charge in [0.1, 0.15) is 18.4 Å². The third kappa shape index (κ3) is 6.18. The molecule has 6 heteroatoms. The summed E-state index contributed by atoms with van der Waals surface area (Å²) in [4.78, 5) is 23.8.